The molecule has 0 radical (unpaired) electrons. The molecule has 0 bridgehead atoms. The lowest BCUT2D eigenvalue weighted by Gasteiger charge is -2.48. The normalized spacial score (nSPS) is 40.0. The Morgan fingerprint density at radius 2 is 0.635 bits per heavy atom. The molecule has 0 amide bonds. The minimum Gasteiger partial charge on any atom is -0.0799 e. The summed E-state index contributed by atoms with van der Waals surface area (Å²) in [5.41, 5.74) is 11.6. The summed E-state index contributed by atoms with van der Waals surface area (Å²) in [5.74, 6) is 7.03. The highest BCUT2D eigenvalue weighted by atomic mass is 14.6. The third kappa shape index (κ3) is 6.25. The fourth-order valence-corrected chi connectivity index (χ4v) is 12.2. The van der Waals surface area contributed by atoms with Crippen LogP contribution in [0.1, 0.15) is 136 Å². The summed E-state index contributed by atoms with van der Waals surface area (Å²) in [4.78, 5) is 0. The molecule has 0 aromatic rings. The predicted octanol–water partition coefficient (Wildman–Crippen LogP) is 14.7. The highest BCUT2D eigenvalue weighted by Crippen LogP contribution is 2.63. The van der Waals surface area contributed by atoms with E-state index in [0.29, 0.717) is 69.0 Å². The Morgan fingerprint density at radius 1 is 0.385 bits per heavy atom. The number of allylic oxidation sites excluding steroid dienone is 16. The van der Waals surface area contributed by atoms with E-state index in [0.717, 1.165) is 11.8 Å². The van der Waals surface area contributed by atoms with Crippen LogP contribution in [0.5, 0.6) is 0 Å². The largest absolute Gasteiger partial charge is 0.0799 e. The predicted molar refractivity (Wildman–Crippen MR) is 226 cm³/mol. The second-order valence-electron chi connectivity index (χ2n) is 23.7. The monoisotopic (exact) mass is 701 g/mol. The van der Waals surface area contributed by atoms with Crippen molar-refractivity contribution < 1.29 is 0 Å². The third-order valence-corrected chi connectivity index (χ3v) is 16.3. The first-order valence-corrected chi connectivity index (χ1v) is 21.5. The SMILES string of the molecule is CC1C2C=C(C(C)(C)C)C=CC2C2C=CC(C(C)(C)C)=CC12.CC1C2C=C3C(=CC2C2C=C4C(=CC12)C(C)(C)CCC4(C)C)C(C)(C)CCC3(C)C. The Kier molecular flexibility index (Phi) is 8.97. The van der Waals surface area contributed by atoms with Crippen molar-refractivity contribution in [3.05, 3.63) is 94.2 Å². The smallest absolute Gasteiger partial charge is 0.00925 e. The maximum absolute atomic E-state index is 2.78. The van der Waals surface area contributed by atoms with E-state index in [9.17, 15) is 0 Å². The van der Waals surface area contributed by atoms with E-state index < -0.39 is 0 Å². The lowest BCUT2D eigenvalue weighted by Crippen LogP contribution is -2.36. The van der Waals surface area contributed by atoms with Gasteiger partial charge in [-0.1, -0.05) is 172 Å². The molecule has 0 heteroatoms. The first kappa shape index (κ1) is 38.2. The molecule has 0 spiro atoms. The van der Waals surface area contributed by atoms with Gasteiger partial charge in [0.15, 0.2) is 0 Å². The van der Waals surface area contributed by atoms with Crippen molar-refractivity contribution in [2.24, 2.45) is 91.7 Å². The lowest BCUT2D eigenvalue weighted by molar-refractivity contribution is 0.244. The van der Waals surface area contributed by atoms with Crippen LogP contribution >= 0.6 is 0 Å². The van der Waals surface area contributed by atoms with Crippen LogP contribution in [-0.2, 0) is 0 Å². The van der Waals surface area contributed by atoms with Crippen molar-refractivity contribution in [3.8, 4) is 0 Å². The Labute approximate surface area is 321 Å². The zero-order valence-electron chi connectivity index (χ0n) is 36.4. The summed E-state index contributed by atoms with van der Waals surface area (Å²) in [6, 6.07) is 0. The first-order chi connectivity index (χ1) is 23.8. The number of hydrogen-bond donors (Lipinski definition) is 0. The highest BCUT2D eigenvalue weighted by molar-refractivity contribution is 5.51. The van der Waals surface area contributed by atoms with Gasteiger partial charge in [0.2, 0.25) is 0 Å². The molecule has 8 aliphatic rings. The van der Waals surface area contributed by atoms with Gasteiger partial charge < -0.3 is 0 Å². The maximum Gasteiger partial charge on any atom is -0.00925 e. The molecule has 4 saturated carbocycles. The van der Waals surface area contributed by atoms with Gasteiger partial charge in [0.1, 0.15) is 0 Å². The van der Waals surface area contributed by atoms with E-state index in [1.807, 2.05) is 0 Å². The molecule has 0 aromatic carbocycles. The third-order valence-electron chi connectivity index (χ3n) is 16.3. The molecule has 0 nitrogen and oxygen atoms in total. The van der Waals surface area contributed by atoms with Gasteiger partial charge >= 0.3 is 0 Å². The van der Waals surface area contributed by atoms with Crippen molar-refractivity contribution in [2.75, 3.05) is 0 Å². The highest BCUT2D eigenvalue weighted by Gasteiger charge is 2.54. The number of fused-ring (bicyclic) bond motifs is 8. The maximum atomic E-state index is 2.78. The molecule has 4 fully saturated rings. The van der Waals surface area contributed by atoms with Crippen LogP contribution < -0.4 is 0 Å². The molecule has 8 unspecified atom stereocenters. The molecule has 8 aliphatic carbocycles. The molecule has 0 saturated heterocycles. The van der Waals surface area contributed by atoms with Gasteiger partial charge in [-0.05, 0) is 151 Å². The van der Waals surface area contributed by atoms with Crippen LogP contribution in [0.4, 0.5) is 0 Å². The fraction of sp³-hybridized carbons (Fsp3) is 0.692. The lowest BCUT2D eigenvalue weighted by atomic mass is 9.56. The van der Waals surface area contributed by atoms with Gasteiger partial charge in [-0.2, -0.15) is 0 Å². The Bertz CT molecular complexity index is 1590. The van der Waals surface area contributed by atoms with E-state index in [1.165, 1.54) is 36.8 Å². The average Bonchev–Trinajstić information content (AvgIpc) is 3.49. The first-order valence-electron chi connectivity index (χ1n) is 21.5. The molecule has 0 heterocycles. The van der Waals surface area contributed by atoms with Crippen molar-refractivity contribution in [1.82, 2.24) is 0 Å². The summed E-state index contributed by atoms with van der Waals surface area (Å²) >= 11 is 0. The topological polar surface area (TPSA) is 0 Å². The quantitative estimate of drug-likeness (QED) is 0.236. The second kappa shape index (κ2) is 12.2. The second-order valence-corrected chi connectivity index (χ2v) is 23.7. The van der Waals surface area contributed by atoms with Gasteiger partial charge in [0, 0.05) is 0 Å². The molecular formula is C52H76. The standard InChI is InChI=1S/C30H44.C22H32/c1-18-19-14-23-25(29(6,7)12-10-27(23,2)3)16-21(19)22-17-26-24(15-20(18)22)28(4,5)11-13-30(26,8)9;1-14-19-12-15(21(2,3)4)8-10-17(19)18-11-9-16(13-20(14)18)22(5,6)7/h14-22H,10-13H2,1-9H3;8-14,17-20H,1-7H3. The summed E-state index contributed by atoms with van der Waals surface area (Å²) < 4.78 is 0. The van der Waals surface area contributed by atoms with E-state index in [1.54, 1.807) is 22.3 Å². The Morgan fingerprint density at radius 3 is 0.904 bits per heavy atom. The van der Waals surface area contributed by atoms with Crippen molar-refractivity contribution in [3.63, 3.8) is 0 Å². The Hall–Kier alpha value is -2.08. The molecule has 0 aliphatic heterocycles. The van der Waals surface area contributed by atoms with Gasteiger partial charge in [0.25, 0.3) is 0 Å². The number of rotatable bonds is 0. The molecule has 8 rings (SSSR count). The van der Waals surface area contributed by atoms with Crippen LogP contribution in [0.2, 0.25) is 0 Å². The molecular weight excluding hydrogens is 625 g/mol. The van der Waals surface area contributed by atoms with E-state index in [4.69, 9.17) is 0 Å². The van der Waals surface area contributed by atoms with Crippen LogP contribution in [-0.4, -0.2) is 0 Å². The fourth-order valence-electron chi connectivity index (χ4n) is 12.2. The molecule has 0 aromatic heterocycles. The minimum absolute atomic E-state index is 0.261. The van der Waals surface area contributed by atoms with Crippen LogP contribution in [0.15, 0.2) is 94.2 Å². The van der Waals surface area contributed by atoms with Gasteiger partial charge in [-0.15, -0.1) is 0 Å². The summed E-state index contributed by atoms with van der Waals surface area (Å²) in [6.07, 6.45) is 31.3. The van der Waals surface area contributed by atoms with Gasteiger partial charge in [-0.25, -0.2) is 0 Å². The van der Waals surface area contributed by atoms with Crippen molar-refractivity contribution in [2.45, 2.75) is 136 Å². The van der Waals surface area contributed by atoms with Crippen LogP contribution in [0.3, 0.4) is 0 Å². The van der Waals surface area contributed by atoms with Gasteiger partial charge in [0.05, 0.1) is 0 Å². The molecule has 284 valence electrons. The molecule has 52 heavy (non-hydrogen) atoms. The zero-order valence-corrected chi connectivity index (χ0v) is 36.4. The van der Waals surface area contributed by atoms with E-state index in [-0.39, 0.29) is 10.8 Å². The van der Waals surface area contributed by atoms with E-state index >= 15 is 0 Å². The van der Waals surface area contributed by atoms with Crippen LogP contribution in [0, 0.1) is 91.7 Å². The molecule has 8 atom stereocenters. The zero-order chi connectivity index (χ0) is 38.1. The molecule has 0 N–H and O–H groups in total. The van der Waals surface area contributed by atoms with Crippen LogP contribution in [0.25, 0.3) is 0 Å². The number of hydrogen-bond acceptors (Lipinski definition) is 0. The summed E-state index contributed by atoms with van der Waals surface area (Å²) in [7, 11) is 0. The van der Waals surface area contributed by atoms with Crippen molar-refractivity contribution in [1.29, 1.82) is 0 Å². The summed E-state index contributed by atoms with van der Waals surface area (Å²) in [5, 5.41) is 0. The Balaban J connectivity index is 0.000000170. The average molecular weight is 701 g/mol. The van der Waals surface area contributed by atoms with Gasteiger partial charge in [-0.3, -0.25) is 0 Å². The van der Waals surface area contributed by atoms with Crippen molar-refractivity contribution >= 4 is 0 Å². The minimum atomic E-state index is 0.261. The van der Waals surface area contributed by atoms with E-state index in [2.05, 4.69) is 172 Å². The summed E-state index contributed by atoms with van der Waals surface area (Å²) in [6.45, 7) is 38.9.